The van der Waals surface area contributed by atoms with Gasteiger partial charge in [-0.05, 0) is 50.5 Å². The molecule has 1 fully saturated rings. The molecule has 3 heteroatoms. The number of hydrogen-bond acceptors (Lipinski definition) is 3. The van der Waals surface area contributed by atoms with Crippen LogP contribution in [0.25, 0.3) is 0 Å². The second-order valence-electron chi connectivity index (χ2n) is 4.95. The molecular weight excluding hydrogens is 210 g/mol. The van der Waals surface area contributed by atoms with E-state index < -0.39 is 0 Å². The first kappa shape index (κ1) is 12.5. The molecule has 1 unspecified atom stereocenters. The zero-order chi connectivity index (χ0) is 12.1. The molecule has 1 atom stereocenters. The van der Waals surface area contributed by atoms with E-state index in [1.807, 2.05) is 12.3 Å². The van der Waals surface area contributed by atoms with Crippen LogP contribution in [-0.4, -0.2) is 36.1 Å². The van der Waals surface area contributed by atoms with Crippen LogP contribution >= 0.6 is 0 Å². The summed E-state index contributed by atoms with van der Waals surface area (Å²) in [6.07, 6.45) is 3.21. The smallest absolute Gasteiger partial charge is 0.0570 e. The van der Waals surface area contributed by atoms with E-state index in [1.54, 1.807) is 0 Å². The first-order valence-corrected chi connectivity index (χ1v) is 6.63. The van der Waals surface area contributed by atoms with Crippen LogP contribution in [0.4, 0.5) is 0 Å². The van der Waals surface area contributed by atoms with E-state index in [1.165, 1.54) is 37.3 Å². The highest BCUT2D eigenvalue weighted by atomic mass is 15.1. The van der Waals surface area contributed by atoms with E-state index in [0.29, 0.717) is 0 Å². The van der Waals surface area contributed by atoms with Gasteiger partial charge in [0.1, 0.15) is 0 Å². The van der Waals surface area contributed by atoms with Crippen molar-refractivity contribution in [3.63, 3.8) is 0 Å². The zero-order valence-corrected chi connectivity index (χ0v) is 10.9. The lowest BCUT2D eigenvalue weighted by molar-refractivity contribution is 0.338. The van der Waals surface area contributed by atoms with Gasteiger partial charge in [0.05, 0.1) is 5.69 Å². The molecule has 1 aromatic rings. The van der Waals surface area contributed by atoms with Gasteiger partial charge >= 0.3 is 0 Å². The Morgan fingerprint density at radius 3 is 3.12 bits per heavy atom. The minimum Gasteiger partial charge on any atom is -0.311 e. The largest absolute Gasteiger partial charge is 0.311 e. The molecule has 1 saturated heterocycles. The summed E-state index contributed by atoms with van der Waals surface area (Å²) in [6, 6.07) is 4.12. The predicted octanol–water partition coefficient (Wildman–Crippen LogP) is 1.82. The Morgan fingerprint density at radius 1 is 1.53 bits per heavy atom. The molecule has 0 amide bonds. The Balaban J connectivity index is 1.72. The van der Waals surface area contributed by atoms with E-state index in [-0.39, 0.29) is 0 Å². The first-order valence-electron chi connectivity index (χ1n) is 6.63. The van der Waals surface area contributed by atoms with Crippen molar-refractivity contribution in [3.05, 3.63) is 29.6 Å². The molecule has 0 radical (unpaired) electrons. The fraction of sp³-hybridized carbons (Fsp3) is 0.643. The molecule has 2 heterocycles. The fourth-order valence-electron chi connectivity index (χ4n) is 2.46. The Kier molecular flexibility index (Phi) is 4.51. The van der Waals surface area contributed by atoms with E-state index in [2.05, 4.69) is 35.1 Å². The number of nitrogens with one attached hydrogen (secondary N) is 1. The van der Waals surface area contributed by atoms with Crippen molar-refractivity contribution in [2.24, 2.45) is 5.92 Å². The lowest BCUT2D eigenvalue weighted by atomic mass is 10.1. The number of rotatable bonds is 5. The summed E-state index contributed by atoms with van der Waals surface area (Å²) < 4.78 is 0. The van der Waals surface area contributed by atoms with Crippen LogP contribution in [0, 0.1) is 12.8 Å². The number of likely N-dealkylation sites (tertiary alicyclic amines) is 1. The van der Waals surface area contributed by atoms with Gasteiger partial charge in [0.15, 0.2) is 0 Å². The average Bonchev–Trinajstić information content (AvgIpc) is 2.80. The van der Waals surface area contributed by atoms with Gasteiger partial charge in [0.25, 0.3) is 0 Å². The summed E-state index contributed by atoms with van der Waals surface area (Å²) in [7, 11) is 0. The van der Waals surface area contributed by atoms with Crippen molar-refractivity contribution >= 4 is 0 Å². The minimum absolute atomic E-state index is 0.818. The Hall–Kier alpha value is -0.930. The summed E-state index contributed by atoms with van der Waals surface area (Å²) in [4.78, 5) is 6.93. The number of aryl methyl sites for hydroxylation is 1. The van der Waals surface area contributed by atoms with Crippen molar-refractivity contribution in [1.29, 1.82) is 0 Å². The van der Waals surface area contributed by atoms with Gasteiger partial charge in [-0.1, -0.05) is 13.0 Å². The summed E-state index contributed by atoms with van der Waals surface area (Å²) in [5.41, 5.74) is 2.46. The first-order chi connectivity index (χ1) is 8.29. The molecule has 0 aliphatic carbocycles. The highest BCUT2D eigenvalue weighted by Crippen LogP contribution is 2.14. The van der Waals surface area contributed by atoms with Gasteiger partial charge in [-0.3, -0.25) is 4.98 Å². The second kappa shape index (κ2) is 6.12. The number of aromatic nitrogens is 1. The van der Waals surface area contributed by atoms with E-state index in [4.69, 9.17) is 0 Å². The quantitative estimate of drug-likeness (QED) is 0.841. The van der Waals surface area contributed by atoms with Gasteiger partial charge in [0, 0.05) is 19.3 Å². The van der Waals surface area contributed by atoms with E-state index in [0.717, 1.165) is 19.0 Å². The third kappa shape index (κ3) is 3.51. The molecule has 17 heavy (non-hydrogen) atoms. The molecule has 1 aliphatic heterocycles. The van der Waals surface area contributed by atoms with Gasteiger partial charge in [-0.2, -0.15) is 0 Å². The summed E-state index contributed by atoms with van der Waals surface area (Å²) >= 11 is 0. The van der Waals surface area contributed by atoms with Crippen LogP contribution in [0.5, 0.6) is 0 Å². The summed E-state index contributed by atoms with van der Waals surface area (Å²) in [5, 5.41) is 3.54. The van der Waals surface area contributed by atoms with Crippen molar-refractivity contribution < 1.29 is 0 Å². The van der Waals surface area contributed by atoms with Crippen LogP contribution in [0.3, 0.4) is 0 Å². The van der Waals surface area contributed by atoms with Crippen LogP contribution in [0.2, 0.25) is 0 Å². The molecule has 1 aliphatic rings. The molecule has 2 rings (SSSR count). The topological polar surface area (TPSA) is 28.2 Å². The monoisotopic (exact) mass is 233 g/mol. The number of pyridine rings is 1. The maximum Gasteiger partial charge on any atom is 0.0570 e. The van der Waals surface area contributed by atoms with Gasteiger partial charge in [0.2, 0.25) is 0 Å². The second-order valence-corrected chi connectivity index (χ2v) is 4.95. The molecule has 0 aromatic carbocycles. The maximum atomic E-state index is 4.40. The van der Waals surface area contributed by atoms with Gasteiger partial charge < -0.3 is 10.2 Å². The zero-order valence-electron chi connectivity index (χ0n) is 10.9. The molecule has 3 nitrogen and oxygen atoms in total. The molecule has 0 saturated carbocycles. The van der Waals surface area contributed by atoms with E-state index >= 15 is 0 Å². The average molecular weight is 233 g/mol. The highest BCUT2D eigenvalue weighted by molar-refractivity contribution is 5.17. The molecular formula is C14H23N3. The minimum atomic E-state index is 0.818. The van der Waals surface area contributed by atoms with Crippen molar-refractivity contribution in [3.8, 4) is 0 Å². The Labute approximate surface area is 104 Å². The lowest BCUT2D eigenvalue weighted by Crippen LogP contribution is -2.26. The number of nitrogens with zero attached hydrogens (tertiary/aromatic N) is 2. The Bertz CT molecular complexity index is 351. The maximum absolute atomic E-state index is 4.40. The van der Waals surface area contributed by atoms with E-state index in [9.17, 15) is 0 Å². The third-order valence-corrected chi connectivity index (χ3v) is 3.66. The predicted molar refractivity (Wildman–Crippen MR) is 70.9 cm³/mol. The fourth-order valence-corrected chi connectivity index (χ4v) is 2.46. The van der Waals surface area contributed by atoms with Gasteiger partial charge in [-0.25, -0.2) is 0 Å². The molecule has 94 valence electrons. The molecule has 1 N–H and O–H groups in total. The molecule has 0 spiro atoms. The third-order valence-electron chi connectivity index (χ3n) is 3.66. The summed E-state index contributed by atoms with van der Waals surface area (Å²) in [5.74, 6) is 0.818. The van der Waals surface area contributed by atoms with Crippen LogP contribution in [0.1, 0.15) is 24.6 Å². The Morgan fingerprint density at radius 2 is 2.41 bits per heavy atom. The molecule has 0 bridgehead atoms. The highest BCUT2D eigenvalue weighted by Gasteiger charge is 2.20. The van der Waals surface area contributed by atoms with Gasteiger partial charge in [-0.15, -0.1) is 0 Å². The standard InChI is InChI=1S/C14H23N3/c1-3-17-8-6-13(11-17)9-15-10-14-12(2)5-4-7-16-14/h4-5,7,13,15H,3,6,8-11H2,1-2H3. The molecule has 1 aromatic heterocycles. The SMILES string of the molecule is CCN1CCC(CNCc2ncccc2C)C1. The normalized spacial score (nSPS) is 20.9. The van der Waals surface area contributed by atoms with Crippen molar-refractivity contribution in [2.75, 3.05) is 26.2 Å². The van der Waals surface area contributed by atoms with Crippen molar-refractivity contribution in [1.82, 2.24) is 15.2 Å². The van der Waals surface area contributed by atoms with Crippen LogP contribution in [0.15, 0.2) is 18.3 Å². The number of hydrogen-bond donors (Lipinski definition) is 1. The van der Waals surface area contributed by atoms with Crippen LogP contribution < -0.4 is 5.32 Å². The van der Waals surface area contributed by atoms with Crippen LogP contribution in [-0.2, 0) is 6.54 Å². The van der Waals surface area contributed by atoms with Crippen molar-refractivity contribution in [2.45, 2.75) is 26.8 Å². The summed E-state index contributed by atoms with van der Waals surface area (Å²) in [6.45, 7) is 10.1. The lowest BCUT2D eigenvalue weighted by Gasteiger charge is -2.14.